The van der Waals surface area contributed by atoms with Crippen molar-refractivity contribution < 1.29 is 18.0 Å². The topological polar surface area (TPSA) is 78.0 Å². The lowest BCUT2D eigenvalue weighted by Crippen LogP contribution is -2.48. The zero-order chi connectivity index (χ0) is 23.4. The van der Waals surface area contributed by atoms with Gasteiger partial charge in [-0.1, -0.05) is 18.9 Å². The summed E-state index contributed by atoms with van der Waals surface area (Å²) in [4.78, 5) is 28.8. The Balaban J connectivity index is 1.42. The van der Waals surface area contributed by atoms with Crippen LogP contribution in [0.25, 0.3) is 0 Å². The lowest BCUT2D eigenvalue weighted by molar-refractivity contribution is 0.0746. The van der Waals surface area contributed by atoms with Gasteiger partial charge in [0.05, 0.1) is 4.90 Å². The number of hydrogen-bond acceptors (Lipinski definition) is 5. The van der Waals surface area contributed by atoms with Gasteiger partial charge in [-0.3, -0.25) is 9.59 Å². The minimum absolute atomic E-state index is 0.0389. The van der Waals surface area contributed by atoms with Crippen LogP contribution in [-0.2, 0) is 10.0 Å². The van der Waals surface area contributed by atoms with Gasteiger partial charge in [-0.25, -0.2) is 8.42 Å². The van der Waals surface area contributed by atoms with Crippen LogP contribution in [-0.4, -0.2) is 68.6 Å². The van der Waals surface area contributed by atoms with E-state index in [2.05, 4.69) is 4.90 Å². The molecule has 8 heteroatoms. The van der Waals surface area contributed by atoms with E-state index in [0.717, 1.165) is 31.4 Å². The predicted molar refractivity (Wildman–Crippen MR) is 128 cm³/mol. The molecule has 2 aliphatic rings. The number of nitrogens with zero attached hydrogens (tertiary/aromatic N) is 3. The fraction of sp³-hybridized carbons (Fsp3) is 0.440. The number of amides is 1. The summed E-state index contributed by atoms with van der Waals surface area (Å²) in [6.45, 7) is 5.08. The second kappa shape index (κ2) is 10.1. The fourth-order valence-electron chi connectivity index (χ4n) is 4.48. The van der Waals surface area contributed by atoms with Crippen LogP contribution in [0.4, 0.5) is 5.69 Å². The molecule has 2 heterocycles. The number of piperazine rings is 1. The lowest BCUT2D eigenvalue weighted by atomic mass is 10.1. The van der Waals surface area contributed by atoms with Crippen molar-refractivity contribution in [3.8, 4) is 0 Å². The maximum Gasteiger partial charge on any atom is 0.254 e. The third-order valence-electron chi connectivity index (χ3n) is 6.49. The van der Waals surface area contributed by atoms with E-state index in [4.69, 9.17) is 0 Å². The Kier molecular flexibility index (Phi) is 7.14. The van der Waals surface area contributed by atoms with E-state index in [1.807, 2.05) is 24.3 Å². The van der Waals surface area contributed by atoms with Gasteiger partial charge < -0.3 is 9.80 Å². The molecule has 1 amide bonds. The third kappa shape index (κ3) is 5.28. The normalized spacial score (nSPS) is 18.1. The summed E-state index contributed by atoms with van der Waals surface area (Å²) >= 11 is 0. The van der Waals surface area contributed by atoms with Gasteiger partial charge in [0.2, 0.25) is 10.0 Å². The Morgan fingerprint density at radius 3 is 2.00 bits per heavy atom. The molecule has 0 aromatic heterocycles. The molecule has 2 fully saturated rings. The summed E-state index contributed by atoms with van der Waals surface area (Å²) in [6.07, 6.45) is 3.86. The first kappa shape index (κ1) is 23.4. The summed E-state index contributed by atoms with van der Waals surface area (Å²) in [5.41, 5.74) is 2.12. The quantitative estimate of drug-likeness (QED) is 0.627. The van der Waals surface area contributed by atoms with Gasteiger partial charge in [0.1, 0.15) is 0 Å². The number of hydrogen-bond donors (Lipinski definition) is 0. The Hall–Kier alpha value is -2.71. The van der Waals surface area contributed by atoms with E-state index in [1.54, 1.807) is 34.3 Å². The molecular weight excluding hydrogens is 438 g/mol. The Labute approximate surface area is 196 Å². The van der Waals surface area contributed by atoms with Crippen molar-refractivity contribution in [1.82, 2.24) is 9.21 Å². The smallest absolute Gasteiger partial charge is 0.254 e. The summed E-state index contributed by atoms with van der Waals surface area (Å²) in [5, 5.41) is 0. The van der Waals surface area contributed by atoms with Crippen LogP contribution in [0, 0.1) is 0 Å². The highest BCUT2D eigenvalue weighted by Crippen LogP contribution is 2.23. The fourth-order valence-corrected chi connectivity index (χ4v) is 6.04. The zero-order valence-corrected chi connectivity index (χ0v) is 19.9. The second-order valence-corrected chi connectivity index (χ2v) is 10.7. The summed E-state index contributed by atoms with van der Waals surface area (Å²) in [6, 6.07) is 14.0. The number of carbonyl (C=O) groups is 2. The van der Waals surface area contributed by atoms with E-state index >= 15 is 0 Å². The molecule has 0 N–H and O–H groups in total. The molecule has 2 aromatic rings. The van der Waals surface area contributed by atoms with Gasteiger partial charge in [-0.05, 0) is 62.2 Å². The van der Waals surface area contributed by atoms with Crippen molar-refractivity contribution in [1.29, 1.82) is 0 Å². The Morgan fingerprint density at radius 1 is 0.758 bits per heavy atom. The molecule has 7 nitrogen and oxygen atoms in total. The number of sulfonamides is 1. The Bertz CT molecular complexity index is 1100. The molecule has 2 saturated heterocycles. The third-order valence-corrected chi connectivity index (χ3v) is 8.38. The monoisotopic (exact) mass is 469 g/mol. The van der Waals surface area contributed by atoms with Gasteiger partial charge in [0.25, 0.3) is 5.91 Å². The zero-order valence-electron chi connectivity index (χ0n) is 19.1. The van der Waals surface area contributed by atoms with Crippen molar-refractivity contribution in [3.05, 3.63) is 59.7 Å². The average Bonchev–Trinajstić information content (AvgIpc) is 3.14. The van der Waals surface area contributed by atoms with Crippen LogP contribution in [0.15, 0.2) is 53.4 Å². The maximum atomic E-state index is 13.1. The first-order valence-electron chi connectivity index (χ1n) is 11.6. The second-order valence-electron chi connectivity index (χ2n) is 8.73. The van der Waals surface area contributed by atoms with Crippen LogP contribution >= 0.6 is 0 Å². The summed E-state index contributed by atoms with van der Waals surface area (Å²) in [7, 11) is -3.60. The van der Waals surface area contributed by atoms with Crippen LogP contribution in [0.3, 0.4) is 0 Å². The van der Waals surface area contributed by atoms with Crippen molar-refractivity contribution in [2.45, 2.75) is 37.5 Å². The molecule has 0 saturated carbocycles. The highest BCUT2D eigenvalue weighted by atomic mass is 32.2. The Morgan fingerprint density at radius 2 is 1.39 bits per heavy atom. The van der Waals surface area contributed by atoms with E-state index in [0.29, 0.717) is 50.4 Å². The van der Waals surface area contributed by atoms with Crippen molar-refractivity contribution in [2.75, 3.05) is 44.2 Å². The van der Waals surface area contributed by atoms with Gasteiger partial charge in [0, 0.05) is 56.1 Å². The van der Waals surface area contributed by atoms with Gasteiger partial charge in [-0.2, -0.15) is 4.31 Å². The molecule has 33 heavy (non-hydrogen) atoms. The van der Waals surface area contributed by atoms with Crippen LogP contribution in [0.1, 0.15) is 53.3 Å². The van der Waals surface area contributed by atoms with E-state index < -0.39 is 10.0 Å². The van der Waals surface area contributed by atoms with Crippen LogP contribution < -0.4 is 4.90 Å². The van der Waals surface area contributed by atoms with E-state index in [1.165, 1.54) is 6.07 Å². The van der Waals surface area contributed by atoms with Gasteiger partial charge in [0.15, 0.2) is 5.78 Å². The minimum Gasteiger partial charge on any atom is -0.368 e. The molecule has 0 unspecified atom stereocenters. The molecule has 0 radical (unpaired) electrons. The molecule has 0 spiro atoms. The molecule has 4 rings (SSSR count). The first-order chi connectivity index (χ1) is 15.9. The van der Waals surface area contributed by atoms with E-state index in [-0.39, 0.29) is 16.6 Å². The minimum atomic E-state index is -3.60. The summed E-state index contributed by atoms with van der Waals surface area (Å²) in [5.74, 6) is -0.105. The van der Waals surface area contributed by atoms with Gasteiger partial charge in [-0.15, -0.1) is 0 Å². The summed E-state index contributed by atoms with van der Waals surface area (Å²) < 4.78 is 27.8. The molecule has 0 aliphatic carbocycles. The number of ketones is 1. The SMILES string of the molecule is CC(=O)c1ccc(N2CCN(C(=O)c3cccc(S(=O)(=O)N4CCCCCC4)c3)CC2)cc1. The molecule has 0 bridgehead atoms. The van der Waals surface area contributed by atoms with E-state index in [9.17, 15) is 18.0 Å². The van der Waals surface area contributed by atoms with Crippen LogP contribution in [0.2, 0.25) is 0 Å². The maximum absolute atomic E-state index is 13.1. The lowest BCUT2D eigenvalue weighted by Gasteiger charge is -2.36. The number of Topliss-reactive ketones (excluding diaryl/α,β-unsaturated/α-hetero) is 1. The number of anilines is 1. The highest BCUT2D eigenvalue weighted by molar-refractivity contribution is 7.89. The molecule has 2 aliphatic heterocycles. The van der Waals surface area contributed by atoms with Gasteiger partial charge >= 0.3 is 0 Å². The molecular formula is C25H31N3O4S. The number of carbonyl (C=O) groups excluding carboxylic acids is 2. The van der Waals surface area contributed by atoms with Crippen LogP contribution in [0.5, 0.6) is 0 Å². The highest BCUT2D eigenvalue weighted by Gasteiger charge is 2.27. The van der Waals surface area contributed by atoms with Crippen molar-refractivity contribution in [2.24, 2.45) is 0 Å². The standard InChI is InChI=1S/C25H31N3O4S/c1-20(29)21-9-11-23(12-10-21)26-15-17-27(18-16-26)25(30)22-7-6-8-24(19-22)33(31,32)28-13-4-2-3-5-14-28/h6-12,19H,2-5,13-18H2,1H3. The molecule has 0 atom stereocenters. The first-order valence-corrected chi connectivity index (χ1v) is 13.1. The average molecular weight is 470 g/mol. The van der Waals surface area contributed by atoms with Crippen molar-refractivity contribution >= 4 is 27.4 Å². The number of benzene rings is 2. The van der Waals surface area contributed by atoms with Crippen molar-refractivity contribution in [3.63, 3.8) is 0 Å². The predicted octanol–water partition coefficient (Wildman–Crippen LogP) is 3.42. The number of rotatable bonds is 5. The molecule has 2 aromatic carbocycles. The largest absolute Gasteiger partial charge is 0.368 e. The molecule has 176 valence electrons.